The molecule has 0 amide bonds. The zero-order chi connectivity index (χ0) is 25.9. The Hall–Kier alpha value is -3.67. The summed E-state index contributed by atoms with van der Waals surface area (Å²) in [6, 6.07) is 48.1. The van der Waals surface area contributed by atoms with E-state index in [4.69, 9.17) is 0 Å². The van der Waals surface area contributed by atoms with Gasteiger partial charge in [-0.2, -0.15) is 10.9 Å². The molecule has 0 spiro atoms. The van der Waals surface area contributed by atoms with Gasteiger partial charge < -0.3 is 0 Å². The number of fused-ring (bicyclic) bond motifs is 3. The lowest BCUT2D eigenvalue weighted by Gasteiger charge is -2.46. The van der Waals surface area contributed by atoms with Crippen LogP contribution in [0.4, 0.5) is 0 Å². The van der Waals surface area contributed by atoms with Gasteiger partial charge in [0.25, 0.3) is 0 Å². The molecule has 1 aliphatic heterocycles. The molecule has 6 aromatic rings. The van der Waals surface area contributed by atoms with Crippen molar-refractivity contribution in [2.75, 3.05) is 19.5 Å². The quantitative estimate of drug-likeness (QED) is 0.167. The van der Waals surface area contributed by atoms with Crippen LogP contribution in [0.2, 0.25) is 0 Å². The van der Waals surface area contributed by atoms with Crippen LogP contribution >= 0.6 is 7.14 Å². The van der Waals surface area contributed by atoms with Crippen molar-refractivity contribution in [2.24, 2.45) is 0 Å². The Kier molecular flexibility index (Phi) is 5.36. The molecule has 0 N–H and O–H groups in total. The molecule has 0 aliphatic carbocycles. The van der Waals surface area contributed by atoms with Gasteiger partial charge in [0, 0.05) is 19.5 Å². The predicted octanol–water partition coefficient (Wildman–Crippen LogP) is 8.51. The average molecular weight is 506 g/mol. The summed E-state index contributed by atoms with van der Waals surface area (Å²) in [7, 11) is -1.48. The second kappa shape index (κ2) is 8.69. The fourth-order valence-electron chi connectivity index (χ4n) is 7.65. The summed E-state index contributed by atoms with van der Waals surface area (Å²) in [5.41, 5.74) is 7.47. The molecule has 0 fully saturated rings. The van der Waals surface area contributed by atoms with Crippen molar-refractivity contribution >= 4 is 61.7 Å². The molecule has 38 heavy (non-hydrogen) atoms. The van der Waals surface area contributed by atoms with E-state index in [1.165, 1.54) is 55.0 Å². The molecule has 0 saturated carbocycles. The molecular formula is C36H32BP. The summed E-state index contributed by atoms with van der Waals surface area (Å²) in [6.07, 6.45) is 1.19. The van der Waals surface area contributed by atoms with Crippen molar-refractivity contribution in [3.63, 3.8) is 0 Å². The van der Waals surface area contributed by atoms with E-state index in [-0.39, 0.29) is 0 Å². The maximum absolute atomic E-state index is 2.61. The molecule has 0 radical (unpaired) electrons. The molecule has 0 nitrogen and oxygen atoms in total. The van der Waals surface area contributed by atoms with Gasteiger partial charge in [-0.25, -0.2) is 0 Å². The van der Waals surface area contributed by atoms with Crippen molar-refractivity contribution in [3.8, 4) is 0 Å². The predicted molar refractivity (Wildman–Crippen MR) is 173 cm³/mol. The highest BCUT2D eigenvalue weighted by Crippen LogP contribution is 2.69. The summed E-state index contributed by atoms with van der Waals surface area (Å²) >= 11 is 0. The minimum absolute atomic E-state index is 1.17. The van der Waals surface area contributed by atoms with Crippen molar-refractivity contribution in [1.82, 2.24) is 0 Å². The normalized spacial score (nSPS) is 16.5. The number of rotatable bonds is 3. The van der Waals surface area contributed by atoms with Crippen LogP contribution < -0.4 is 10.9 Å². The first-order valence-electron chi connectivity index (χ1n) is 13.6. The maximum atomic E-state index is 2.61. The van der Waals surface area contributed by atoms with E-state index in [0.717, 1.165) is 0 Å². The van der Waals surface area contributed by atoms with E-state index in [0.29, 0.717) is 0 Å². The average Bonchev–Trinajstić information content (AvgIpc) is 3.17. The first kappa shape index (κ1) is 23.5. The number of allylic oxidation sites excluding steroid dienone is 1. The van der Waals surface area contributed by atoms with E-state index < -0.39 is 13.0 Å². The Balaban J connectivity index is 1.59. The Bertz CT molecular complexity index is 1820. The van der Waals surface area contributed by atoms with Gasteiger partial charge in [0.05, 0.1) is 0 Å². The monoisotopic (exact) mass is 506 g/mol. The van der Waals surface area contributed by atoms with Crippen LogP contribution in [0.25, 0.3) is 37.8 Å². The third kappa shape index (κ3) is 3.42. The van der Waals surface area contributed by atoms with E-state index in [9.17, 15) is 0 Å². The Morgan fingerprint density at radius 3 is 1.42 bits per heavy atom. The minimum Gasteiger partial charge on any atom is -0.157 e. The van der Waals surface area contributed by atoms with Gasteiger partial charge in [-0.1, -0.05) is 139 Å². The minimum atomic E-state index is -1.48. The van der Waals surface area contributed by atoms with Crippen LogP contribution in [0.15, 0.2) is 133 Å². The first-order valence-corrected chi connectivity index (χ1v) is 16.6. The lowest BCUT2D eigenvalue weighted by Crippen LogP contribution is -2.59. The van der Waals surface area contributed by atoms with E-state index in [1.807, 2.05) is 0 Å². The molecular weight excluding hydrogens is 474 g/mol. The molecule has 0 aromatic heterocycles. The van der Waals surface area contributed by atoms with E-state index in [2.05, 4.69) is 148 Å². The number of hydrogen-bond donors (Lipinski definition) is 0. The highest BCUT2D eigenvalue weighted by Gasteiger charge is 2.56. The van der Waals surface area contributed by atoms with Crippen molar-refractivity contribution in [3.05, 3.63) is 139 Å². The standard InChI is InChI=1S/C36H32BP/c1-26-25-38(2,3)37(34-20-18-28-11-5-8-14-31(28)23-34,35-21-19-29-12-6-9-15-32(29)24-35)36(26)33-17-16-27-10-4-7-13-30(27)22-33/h4-24H,25H2,1-3H3. The topological polar surface area (TPSA) is 0 Å². The van der Waals surface area contributed by atoms with Crippen LogP contribution in [-0.2, 0) is 0 Å². The second-order valence-electron chi connectivity index (χ2n) is 11.7. The molecule has 0 unspecified atom stereocenters. The molecule has 7 rings (SSSR count). The number of benzene rings is 6. The summed E-state index contributed by atoms with van der Waals surface area (Å²) in [5.74, 6) is -1.17. The third-order valence-corrected chi connectivity index (χ3v) is 13.4. The Labute approximate surface area is 226 Å². The summed E-state index contributed by atoms with van der Waals surface area (Å²) in [4.78, 5) is 0. The molecule has 1 heterocycles. The highest BCUT2D eigenvalue weighted by atomic mass is 31.2. The largest absolute Gasteiger partial charge is 0.246 e. The molecule has 2 heteroatoms. The fourth-order valence-corrected chi connectivity index (χ4v) is 12.3. The van der Waals surface area contributed by atoms with Crippen LogP contribution in [0, 0.1) is 0 Å². The third-order valence-electron chi connectivity index (χ3n) is 9.14. The molecule has 0 atom stereocenters. The van der Waals surface area contributed by atoms with E-state index in [1.54, 1.807) is 11.0 Å². The van der Waals surface area contributed by atoms with Crippen LogP contribution in [0.5, 0.6) is 0 Å². The highest BCUT2D eigenvalue weighted by molar-refractivity contribution is 8.14. The molecule has 6 aromatic carbocycles. The Morgan fingerprint density at radius 2 is 0.921 bits per heavy atom. The zero-order valence-electron chi connectivity index (χ0n) is 22.4. The Morgan fingerprint density at radius 1 is 0.500 bits per heavy atom. The summed E-state index contributed by atoms with van der Waals surface area (Å²) < 4.78 is 0. The van der Waals surface area contributed by atoms with Crippen LogP contribution in [0.3, 0.4) is 0 Å². The SMILES string of the molecule is CC1=C(c2ccc3ccccc3c2)[B-](c2ccc3ccccc3c2)(c2ccc3ccccc3c2)[P+](C)(C)C1. The lowest BCUT2D eigenvalue weighted by molar-refractivity contribution is 1.42. The van der Waals surface area contributed by atoms with Gasteiger partial charge in [0.15, 0.2) is 0 Å². The smallest absolute Gasteiger partial charge is 0.157 e. The zero-order valence-corrected chi connectivity index (χ0v) is 23.3. The van der Waals surface area contributed by atoms with Gasteiger partial charge in [0.2, 0.25) is 5.87 Å². The maximum Gasteiger partial charge on any atom is 0.246 e. The van der Waals surface area contributed by atoms with Crippen molar-refractivity contribution in [1.29, 1.82) is 0 Å². The van der Waals surface area contributed by atoms with Gasteiger partial charge in [-0.3, -0.25) is 0 Å². The molecule has 0 bridgehead atoms. The van der Waals surface area contributed by atoms with Crippen LogP contribution in [0.1, 0.15) is 12.5 Å². The second-order valence-corrected chi connectivity index (χ2v) is 16.4. The van der Waals surface area contributed by atoms with Crippen molar-refractivity contribution in [2.45, 2.75) is 6.92 Å². The van der Waals surface area contributed by atoms with Gasteiger partial charge in [-0.15, -0.1) is 12.6 Å². The summed E-state index contributed by atoms with van der Waals surface area (Å²) in [5, 5.41) is 7.89. The molecule has 184 valence electrons. The van der Waals surface area contributed by atoms with Crippen molar-refractivity contribution < 1.29 is 0 Å². The fraction of sp³-hybridized carbons (Fsp3) is 0.111. The molecule has 1 aliphatic rings. The van der Waals surface area contributed by atoms with Gasteiger partial charge in [-0.05, 0) is 39.2 Å². The first-order chi connectivity index (χ1) is 18.5. The van der Waals surface area contributed by atoms with Crippen LogP contribution in [-0.4, -0.2) is 25.4 Å². The van der Waals surface area contributed by atoms with E-state index >= 15 is 0 Å². The van der Waals surface area contributed by atoms with Gasteiger partial charge in [0.1, 0.15) is 0 Å². The van der Waals surface area contributed by atoms with Gasteiger partial charge >= 0.3 is 0 Å². The molecule has 0 saturated heterocycles. The lowest BCUT2D eigenvalue weighted by atomic mass is 9.32. The number of hydrogen-bond acceptors (Lipinski definition) is 0. The summed E-state index contributed by atoms with van der Waals surface area (Å²) in [6.45, 7) is 7.61.